The molecule has 0 aliphatic carbocycles. The fourth-order valence-electron chi connectivity index (χ4n) is 3.78. The Morgan fingerprint density at radius 3 is 2.63 bits per heavy atom. The zero-order valence-corrected chi connectivity index (χ0v) is 15.8. The largest absolute Gasteiger partial charge is 0.398 e. The van der Waals surface area contributed by atoms with E-state index < -0.39 is 0 Å². The van der Waals surface area contributed by atoms with E-state index in [-0.39, 0.29) is 5.91 Å². The summed E-state index contributed by atoms with van der Waals surface area (Å²) >= 11 is 0. The maximum atomic E-state index is 13.1. The minimum Gasteiger partial charge on any atom is -0.398 e. The predicted molar refractivity (Wildman–Crippen MR) is 108 cm³/mol. The normalized spacial score (nSPS) is 13.5. The van der Waals surface area contributed by atoms with Crippen LogP contribution >= 0.6 is 0 Å². The molecular weight excluding hydrogens is 336 g/mol. The first-order valence-electron chi connectivity index (χ1n) is 9.32. The Balaban J connectivity index is 1.55. The Morgan fingerprint density at radius 2 is 1.93 bits per heavy atom. The molecule has 2 heterocycles. The zero-order valence-electron chi connectivity index (χ0n) is 15.8. The van der Waals surface area contributed by atoms with E-state index in [1.165, 1.54) is 0 Å². The maximum Gasteiger partial charge on any atom is 0.258 e. The summed E-state index contributed by atoms with van der Waals surface area (Å²) in [4.78, 5) is 14.9. The van der Waals surface area contributed by atoms with E-state index >= 15 is 0 Å². The number of fused-ring (bicyclic) bond motifs is 1. The molecule has 0 atom stereocenters. The molecule has 0 saturated carbocycles. The highest BCUT2D eigenvalue weighted by atomic mass is 16.2. The molecule has 1 aliphatic rings. The van der Waals surface area contributed by atoms with Gasteiger partial charge in [-0.2, -0.15) is 5.10 Å². The molecule has 2 aromatic carbocycles. The second kappa shape index (κ2) is 6.91. The summed E-state index contributed by atoms with van der Waals surface area (Å²) in [6.45, 7) is 5.48. The van der Waals surface area contributed by atoms with E-state index in [4.69, 9.17) is 5.73 Å². The summed E-state index contributed by atoms with van der Waals surface area (Å²) in [5.74, 6) is 0.0271. The van der Waals surface area contributed by atoms with Crippen molar-refractivity contribution in [1.82, 2.24) is 9.78 Å². The van der Waals surface area contributed by atoms with E-state index in [1.807, 2.05) is 59.0 Å². The molecular formula is C22H24N4O. The number of rotatable bonds is 3. The van der Waals surface area contributed by atoms with Gasteiger partial charge in [0, 0.05) is 29.2 Å². The van der Waals surface area contributed by atoms with Crippen LogP contribution in [0.1, 0.15) is 39.3 Å². The highest BCUT2D eigenvalue weighted by molar-refractivity contribution is 6.07. The number of anilines is 2. The molecule has 0 saturated heterocycles. The van der Waals surface area contributed by atoms with E-state index in [0.29, 0.717) is 12.1 Å². The number of amides is 1. The summed E-state index contributed by atoms with van der Waals surface area (Å²) in [7, 11) is 0. The van der Waals surface area contributed by atoms with Gasteiger partial charge in [-0.3, -0.25) is 9.48 Å². The highest BCUT2D eigenvalue weighted by Gasteiger charge is 2.24. The molecule has 0 fully saturated rings. The van der Waals surface area contributed by atoms with E-state index in [9.17, 15) is 4.79 Å². The predicted octanol–water partition coefficient (Wildman–Crippen LogP) is 3.72. The van der Waals surface area contributed by atoms with Crippen LogP contribution < -0.4 is 10.6 Å². The fraction of sp³-hybridized carbons (Fsp3) is 0.273. The number of benzene rings is 2. The van der Waals surface area contributed by atoms with Crippen LogP contribution in [0.3, 0.4) is 0 Å². The molecule has 0 bridgehead atoms. The van der Waals surface area contributed by atoms with Crippen molar-refractivity contribution >= 4 is 17.3 Å². The third-order valence-electron chi connectivity index (χ3n) is 5.17. The number of aromatic nitrogens is 2. The Kier molecular flexibility index (Phi) is 4.44. The van der Waals surface area contributed by atoms with Gasteiger partial charge in [-0.1, -0.05) is 18.2 Å². The number of nitrogens with zero attached hydrogens (tertiary/aromatic N) is 3. The lowest BCUT2D eigenvalue weighted by molar-refractivity contribution is 0.0985. The minimum atomic E-state index is 0.0271. The van der Waals surface area contributed by atoms with E-state index in [0.717, 1.165) is 53.3 Å². The quantitative estimate of drug-likeness (QED) is 0.724. The third-order valence-corrected chi connectivity index (χ3v) is 5.17. The molecule has 1 aromatic heterocycles. The van der Waals surface area contributed by atoms with Crippen molar-refractivity contribution in [2.75, 3.05) is 17.2 Å². The second-order valence-electron chi connectivity index (χ2n) is 7.19. The van der Waals surface area contributed by atoms with Crippen LogP contribution in [-0.4, -0.2) is 22.2 Å². The molecule has 3 aromatic rings. The molecule has 138 valence electrons. The molecule has 1 amide bonds. The summed E-state index contributed by atoms with van der Waals surface area (Å²) in [5, 5.41) is 4.50. The first-order valence-corrected chi connectivity index (χ1v) is 9.32. The summed E-state index contributed by atoms with van der Waals surface area (Å²) in [6, 6.07) is 15.7. The van der Waals surface area contributed by atoms with Crippen LogP contribution in [-0.2, 0) is 13.0 Å². The number of aryl methyl sites for hydroxylation is 2. The van der Waals surface area contributed by atoms with E-state index in [2.05, 4.69) is 18.1 Å². The smallest absolute Gasteiger partial charge is 0.258 e. The van der Waals surface area contributed by atoms with Crippen LogP contribution in [0, 0.1) is 13.8 Å². The topological polar surface area (TPSA) is 64.2 Å². The Morgan fingerprint density at radius 1 is 1.15 bits per heavy atom. The van der Waals surface area contributed by atoms with Gasteiger partial charge in [0.15, 0.2) is 0 Å². The van der Waals surface area contributed by atoms with Gasteiger partial charge in [0.05, 0.1) is 12.2 Å². The van der Waals surface area contributed by atoms with Crippen molar-refractivity contribution in [1.29, 1.82) is 0 Å². The lowest BCUT2D eigenvalue weighted by Crippen LogP contribution is -2.35. The van der Waals surface area contributed by atoms with Crippen LogP contribution in [0.2, 0.25) is 0 Å². The lowest BCUT2D eigenvalue weighted by Gasteiger charge is -2.30. The monoisotopic (exact) mass is 360 g/mol. The standard InChI is InChI=1S/C22H24N4O/c1-15-13-16(2)26(24-15)14-17-8-10-18(11-9-17)22(27)25-12-4-5-19-20(23)6-3-7-21(19)25/h3,6-11,13H,4-5,12,14,23H2,1-2H3. The van der Waals surface area contributed by atoms with Crippen molar-refractivity contribution in [3.05, 3.63) is 76.6 Å². The molecule has 1 aliphatic heterocycles. The van der Waals surface area contributed by atoms with Gasteiger partial charge in [0.2, 0.25) is 0 Å². The van der Waals surface area contributed by atoms with Crippen molar-refractivity contribution in [3.8, 4) is 0 Å². The van der Waals surface area contributed by atoms with Crippen molar-refractivity contribution < 1.29 is 4.79 Å². The zero-order chi connectivity index (χ0) is 19.0. The first kappa shape index (κ1) is 17.3. The van der Waals surface area contributed by atoms with Gasteiger partial charge in [-0.25, -0.2) is 0 Å². The average molecular weight is 360 g/mol. The van der Waals surface area contributed by atoms with Gasteiger partial charge in [-0.05, 0) is 68.1 Å². The van der Waals surface area contributed by atoms with Crippen LogP contribution in [0.4, 0.5) is 11.4 Å². The van der Waals surface area contributed by atoms with Gasteiger partial charge >= 0.3 is 0 Å². The molecule has 2 N–H and O–H groups in total. The Hall–Kier alpha value is -3.08. The molecule has 4 rings (SSSR count). The lowest BCUT2D eigenvalue weighted by atomic mass is 9.99. The average Bonchev–Trinajstić information content (AvgIpc) is 2.99. The number of hydrogen-bond acceptors (Lipinski definition) is 3. The summed E-state index contributed by atoms with van der Waals surface area (Å²) in [6.07, 6.45) is 1.86. The van der Waals surface area contributed by atoms with E-state index in [1.54, 1.807) is 0 Å². The van der Waals surface area contributed by atoms with Crippen molar-refractivity contribution in [3.63, 3.8) is 0 Å². The molecule has 0 spiro atoms. The highest BCUT2D eigenvalue weighted by Crippen LogP contribution is 2.32. The number of carbonyl (C=O) groups excluding carboxylic acids is 1. The molecule has 27 heavy (non-hydrogen) atoms. The minimum absolute atomic E-state index is 0.0271. The van der Waals surface area contributed by atoms with Crippen molar-refractivity contribution in [2.24, 2.45) is 0 Å². The molecule has 5 heteroatoms. The van der Waals surface area contributed by atoms with Gasteiger partial charge in [0.1, 0.15) is 0 Å². The number of hydrogen-bond donors (Lipinski definition) is 1. The van der Waals surface area contributed by atoms with Crippen LogP contribution in [0.5, 0.6) is 0 Å². The summed E-state index contributed by atoms with van der Waals surface area (Å²) in [5.41, 5.74) is 12.9. The Labute approximate surface area is 159 Å². The first-order chi connectivity index (χ1) is 13.0. The number of nitrogen functional groups attached to an aromatic ring is 1. The number of carbonyl (C=O) groups is 1. The second-order valence-corrected chi connectivity index (χ2v) is 7.19. The summed E-state index contributed by atoms with van der Waals surface area (Å²) < 4.78 is 1.98. The van der Waals surface area contributed by atoms with Gasteiger partial charge in [0.25, 0.3) is 5.91 Å². The van der Waals surface area contributed by atoms with Gasteiger partial charge < -0.3 is 10.6 Å². The Bertz CT molecular complexity index is 988. The number of nitrogens with two attached hydrogens (primary N) is 1. The SMILES string of the molecule is Cc1cc(C)n(Cc2ccc(C(=O)N3CCCc4c(N)cccc43)cc2)n1. The fourth-order valence-corrected chi connectivity index (χ4v) is 3.78. The molecule has 0 radical (unpaired) electrons. The molecule has 5 nitrogen and oxygen atoms in total. The maximum absolute atomic E-state index is 13.1. The van der Waals surface area contributed by atoms with Crippen LogP contribution in [0.15, 0.2) is 48.5 Å². The van der Waals surface area contributed by atoms with Gasteiger partial charge in [-0.15, -0.1) is 0 Å². The van der Waals surface area contributed by atoms with Crippen LogP contribution in [0.25, 0.3) is 0 Å². The van der Waals surface area contributed by atoms with Crippen molar-refractivity contribution in [2.45, 2.75) is 33.2 Å². The molecule has 0 unspecified atom stereocenters. The third kappa shape index (κ3) is 3.33.